The molecule has 5 rings (SSSR count). The van der Waals surface area contributed by atoms with Gasteiger partial charge in [-0.05, 0) is 18.4 Å². The summed E-state index contributed by atoms with van der Waals surface area (Å²) in [5.74, 6) is 2.73. The van der Waals surface area contributed by atoms with Gasteiger partial charge in [-0.2, -0.15) is 4.98 Å². The maximum absolute atomic E-state index is 12.9. The third-order valence-electron chi connectivity index (χ3n) is 5.96. The van der Waals surface area contributed by atoms with E-state index in [0.29, 0.717) is 29.9 Å². The van der Waals surface area contributed by atoms with E-state index in [0.717, 1.165) is 43.1 Å². The molecule has 2 N–H and O–H groups in total. The van der Waals surface area contributed by atoms with Crippen molar-refractivity contribution in [3.05, 3.63) is 52.3 Å². The van der Waals surface area contributed by atoms with Crippen LogP contribution >= 0.6 is 0 Å². The first kappa shape index (κ1) is 18.9. The molecule has 0 radical (unpaired) electrons. The van der Waals surface area contributed by atoms with E-state index < -0.39 is 0 Å². The molecule has 2 bridgehead atoms. The van der Waals surface area contributed by atoms with Gasteiger partial charge in [0.15, 0.2) is 5.82 Å². The average molecular weight is 407 g/mol. The Balaban J connectivity index is 1.42. The number of likely N-dealkylation sites (tertiary alicyclic amines) is 1. The summed E-state index contributed by atoms with van der Waals surface area (Å²) in [7, 11) is 0. The second-order valence-electron chi connectivity index (χ2n) is 8.64. The number of pyridine rings is 1. The van der Waals surface area contributed by atoms with Gasteiger partial charge in [-0.25, -0.2) is 9.97 Å². The predicted octanol–water partition coefficient (Wildman–Crippen LogP) is 2.01. The van der Waals surface area contributed by atoms with Gasteiger partial charge in [-0.15, -0.1) is 0 Å². The van der Waals surface area contributed by atoms with E-state index in [2.05, 4.69) is 31.1 Å². The zero-order valence-corrected chi connectivity index (χ0v) is 17.2. The standard InChI is InChI=1S/C21H25N7O2/c1-12(2)21-25-19(26-30-21)10-27-7-13-3-15(9-27)17-4-14(5-20(29)28(17)8-13)16-6-18(22)24-11-23-16/h4-6,11-13,15H,3,7-10H2,1-2H3,(H2,22,23,24)/t13-,15+/m0/s1. The molecule has 0 amide bonds. The minimum Gasteiger partial charge on any atom is -0.384 e. The fourth-order valence-corrected chi connectivity index (χ4v) is 4.63. The first-order valence-corrected chi connectivity index (χ1v) is 10.3. The van der Waals surface area contributed by atoms with Gasteiger partial charge in [0.1, 0.15) is 12.1 Å². The van der Waals surface area contributed by atoms with Crippen molar-refractivity contribution in [3.8, 4) is 11.3 Å². The number of fused-ring (bicyclic) bond motifs is 4. The van der Waals surface area contributed by atoms with Gasteiger partial charge >= 0.3 is 0 Å². The van der Waals surface area contributed by atoms with Crippen molar-refractivity contribution in [2.75, 3.05) is 18.8 Å². The van der Waals surface area contributed by atoms with Crippen LogP contribution in [0.4, 0.5) is 5.82 Å². The summed E-state index contributed by atoms with van der Waals surface area (Å²) in [5, 5.41) is 4.14. The van der Waals surface area contributed by atoms with Gasteiger partial charge in [0.2, 0.25) is 5.89 Å². The van der Waals surface area contributed by atoms with Crippen molar-refractivity contribution in [3.63, 3.8) is 0 Å². The Labute approximate surface area is 173 Å². The molecule has 0 spiro atoms. The number of aromatic nitrogens is 5. The van der Waals surface area contributed by atoms with Crippen LogP contribution in [0.25, 0.3) is 11.3 Å². The molecule has 30 heavy (non-hydrogen) atoms. The highest BCUT2D eigenvalue weighted by Gasteiger charge is 2.35. The molecule has 0 saturated carbocycles. The van der Waals surface area contributed by atoms with Crippen LogP contribution in [0.5, 0.6) is 0 Å². The molecule has 3 aromatic rings. The summed E-state index contributed by atoms with van der Waals surface area (Å²) in [6.07, 6.45) is 2.51. The quantitative estimate of drug-likeness (QED) is 0.698. The average Bonchev–Trinajstić information content (AvgIpc) is 3.17. The molecule has 156 valence electrons. The van der Waals surface area contributed by atoms with Gasteiger partial charge in [0, 0.05) is 54.9 Å². The van der Waals surface area contributed by atoms with Gasteiger partial charge in [0.05, 0.1) is 12.2 Å². The number of rotatable bonds is 4. The predicted molar refractivity (Wildman–Crippen MR) is 111 cm³/mol. The van der Waals surface area contributed by atoms with Gasteiger partial charge in [-0.3, -0.25) is 9.69 Å². The third kappa shape index (κ3) is 3.49. The molecule has 1 saturated heterocycles. The fraction of sp³-hybridized carbons (Fsp3) is 0.476. The summed E-state index contributed by atoms with van der Waals surface area (Å²) >= 11 is 0. The normalized spacial score (nSPS) is 21.0. The van der Waals surface area contributed by atoms with Crippen molar-refractivity contribution in [1.29, 1.82) is 0 Å². The largest absolute Gasteiger partial charge is 0.384 e. The van der Waals surface area contributed by atoms with Crippen LogP contribution in [-0.2, 0) is 13.1 Å². The maximum Gasteiger partial charge on any atom is 0.251 e. The maximum atomic E-state index is 12.9. The summed E-state index contributed by atoms with van der Waals surface area (Å²) in [6.45, 7) is 7.27. The first-order chi connectivity index (χ1) is 14.5. The van der Waals surface area contributed by atoms with Crippen LogP contribution in [0.2, 0.25) is 0 Å². The monoisotopic (exact) mass is 407 g/mol. The molecular formula is C21H25N7O2. The number of nitrogens with two attached hydrogens (primary N) is 1. The fourth-order valence-electron chi connectivity index (χ4n) is 4.63. The lowest BCUT2D eigenvalue weighted by Gasteiger charge is -2.42. The highest BCUT2D eigenvalue weighted by atomic mass is 16.5. The number of hydrogen-bond donors (Lipinski definition) is 1. The molecule has 9 nitrogen and oxygen atoms in total. The zero-order valence-electron chi connectivity index (χ0n) is 17.2. The highest BCUT2D eigenvalue weighted by Crippen LogP contribution is 2.36. The van der Waals surface area contributed by atoms with Crippen LogP contribution < -0.4 is 11.3 Å². The summed E-state index contributed by atoms with van der Waals surface area (Å²) in [5.41, 5.74) is 8.34. The molecular weight excluding hydrogens is 382 g/mol. The molecule has 2 aliphatic rings. The number of hydrogen-bond acceptors (Lipinski definition) is 8. The molecule has 9 heteroatoms. The Morgan fingerprint density at radius 1 is 1.20 bits per heavy atom. The molecule has 0 aliphatic carbocycles. The van der Waals surface area contributed by atoms with Crippen molar-refractivity contribution in [1.82, 2.24) is 29.6 Å². The number of nitrogens with zero attached hydrogens (tertiary/aromatic N) is 6. The van der Waals surface area contributed by atoms with Gasteiger partial charge < -0.3 is 14.8 Å². The second kappa shape index (κ2) is 7.32. The lowest BCUT2D eigenvalue weighted by molar-refractivity contribution is 0.111. The van der Waals surface area contributed by atoms with E-state index in [9.17, 15) is 4.79 Å². The summed E-state index contributed by atoms with van der Waals surface area (Å²) < 4.78 is 7.28. The number of anilines is 1. The van der Waals surface area contributed by atoms with E-state index in [1.54, 1.807) is 12.1 Å². The van der Waals surface area contributed by atoms with Crippen LogP contribution in [0.1, 0.15) is 49.5 Å². The van der Waals surface area contributed by atoms with Gasteiger partial charge in [-0.1, -0.05) is 19.0 Å². The molecule has 3 aromatic heterocycles. The third-order valence-corrected chi connectivity index (χ3v) is 5.96. The lowest BCUT2D eigenvalue weighted by atomic mass is 9.82. The minimum atomic E-state index is 0.0163. The van der Waals surface area contributed by atoms with Crippen molar-refractivity contribution in [2.45, 2.75) is 45.2 Å². The second-order valence-corrected chi connectivity index (χ2v) is 8.64. The van der Waals surface area contributed by atoms with Crippen LogP contribution in [0.3, 0.4) is 0 Å². The molecule has 0 aromatic carbocycles. The Bertz CT molecular complexity index is 1140. The van der Waals surface area contributed by atoms with E-state index in [1.165, 1.54) is 6.33 Å². The highest BCUT2D eigenvalue weighted by molar-refractivity contribution is 5.61. The topological polar surface area (TPSA) is 116 Å². The zero-order chi connectivity index (χ0) is 20.8. The van der Waals surface area contributed by atoms with Crippen LogP contribution in [0, 0.1) is 5.92 Å². The molecule has 2 aliphatic heterocycles. The van der Waals surface area contributed by atoms with Crippen LogP contribution in [-0.4, -0.2) is 42.7 Å². The molecule has 0 unspecified atom stereocenters. The van der Waals surface area contributed by atoms with E-state index in [1.807, 2.05) is 18.4 Å². The lowest BCUT2D eigenvalue weighted by Crippen LogP contribution is -2.46. The van der Waals surface area contributed by atoms with Crippen molar-refractivity contribution in [2.24, 2.45) is 5.92 Å². The van der Waals surface area contributed by atoms with Gasteiger partial charge in [0.25, 0.3) is 5.56 Å². The SMILES string of the molecule is CC(C)c1nc(CN2C[C@@H]3C[C@H](C2)c2cc(-c4cc(N)ncn4)cc(=O)n2C3)no1. The Morgan fingerprint density at radius 3 is 2.83 bits per heavy atom. The molecule has 1 fully saturated rings. The minimum absolute atomic E-state index is 0.0163. The summed E-state index contributed by atoms with van der Waals surface area (Å²) in [6, 6.07) is 5.43. The first-order valence-electron chi connectivity index (χ1n) is 10.3. The smallest absolute Gasteiger partial charge is 0.251 e. The molecule has 5 heterocycles. The number of nitrogen functional groups attached to an aromatic ring is 1. The van der Waals surface area contributed by atoms with Crippen molar-refractivity contribution < 1.29 is 4.52 Å². The molecule has 2 atom stereocenters. The Kier molecular flexibility index (Phi) is 4.62. The van der Waals surface area contributed by atoms with E-state index in [-0.39, 0.29) is 17.4 Å². The van der Waals surface area contributed by atoms with Crippen LogP contribution in [0.15, 0.2) is 33.8 Å². The van der Waals surface area contributed by atoms with E-state index >= 15 is 0 Å². The van der Waals surface area contributed by atoms with E-state index in [4.69, 9.17) is 10.3 Å². The van der Waals surface area contributed by atoms with Crippen molar-refractivity contribution >= 4 is 5.82 Å². The summed E-state index contributed by atoms with van der Waals surface area (Å²) in [4.78, 5) is 28.0. The Hall–Kier alpha value is -3.07. The Morgan fingerprint density at radius 2 is 2.07 bits per heavy atom. The number of piperidine rings is 1.